The third-order valence-corrected chi connectivity index (χ3v) is 2.13. The summed E-state index contributed by atoms with van der Waals surface area (Å²) in [6.07, 6.45) is 0. The van der Waals surface area contributed by atoms with Crippen LogP contribution in [0.1, 0.15) is 17.3 Å². The van der Waals surface area contributed by atoms with Crippen molar-refractivity contribution in [1.82, 2.24) is 0 Å². The van der Waals surface area contributed by atoms with E-state index in [1.165, 1.54) is 6.92 Å². The quantitative estimate of drug-likeness (QED) is 0.793. The number of anilines is 1. The highest BCUT2D eigenvalue weighted by Gasteiger charge is 2.18. The van der Waals surface area contributed by atoms with Crippen LogP contribution in [-0.2, 0) is 9.53 Å². The molecule has 98 valence electrons. The van der Waals surface area contributed by atoms with Gasteiger partial charge in [-0.25, -0.2) is 13.6 Å². The van der Waals surface area contributed by atoms with Gasteiger partial charge in [-0.3, -0.25) is 4.79 Å². The second kappa shape index (κ2) is 5.54. The lowest BCUT2D eigenvalue weighted by Gasteiger charge is -2.10. The van der Waals surface area contributed by atoms with Crippen molar-refractivity contribution in [2.75, 3.05) is 12.4 Å². The molecule has 0 aliphatic heterocycles. The molecule has 0 heterocycles. The Kier molecular flexibility index (Phi) is 4.33. The van der Waals surface area contributed by atoms with Gasteiger partial charge in [0.25, 0.3) is 0 Å². The lowest BCUT2D eigenvalue weighted by atomic mass is 10.1. The van der Waals surface area contributed by atoms with E-state index in [0.717, 1.165) is 13.2 Å². The van der Waals surface area contributed by atoms with Gasteiger partial charge in [0.2, 0.25) is 5.91 Å². The lowest BCUT2D eigenvalue weighted by molar-refractivity contribution is -0.117. The maximum Gasteiger partial charge on any atom is 0.340 e. The summed E-state index contributed by atoms with van der Waals surface area (Å²) in [5, 5.41) is 2.14. The van der Waals surface area contributed by atoms with Gasteiger partial charge < -0.3 is 15.8 Å². The third-order valence-electron chi connectivity index (χ3n) is 2.13. The zero-order chi connectivity index (χ0) is 13.9. The molecule has 0 spiro atoms. The molecule has 5 nitrogen and oxygen atoms in total. The predicted octanol–water partition coefficient (Wildman–Crippen LogP) is 1.04. The van der Waals surface area contributed by atoms with Gasteiger partial charge in [-0.15, -0.1) is 0 Å². The topological polar surface area (TPSA) is 81.4 Å². The number of amides is 1. The first-order valence-corrected chi connectivity index (χ1v) is 5.00. The second-order valence-electron chi connectivity index (χ2n) is 3.58. The highest BCUT2D eigenvalue weighted by molar-refractivity contribution is 5.96. The van der Waals surface area contributed by atoms with Gasteiger partial charge in [0, 0.05) is 6.07 Å². The minimum absolute atomic E-state index is 0.334. The van der Waals surface area contributed by atoms with Gasteiger partial charge in [-0.05, 0) is 13.0 Å². The second-order valence-corrected chi connectivity index (χ2v) is 3.58. The van der Waals surface area contributed by atoms with E-state index in [9.17, 15) is 18.4 Å². The van der Waals surface area contributed by atoms with E-state index < -0.39 is 35.1 Å². The monoisotopic (exact) mass is 258 g/mol. The summed E-state index contributed by atoms with van der Waals surface area (Å²) in [6.45, 7) is 1.40. The van der Waals surface area contributed by atoms with Crippen LogP contribution in [0.15, 0.2) is 12.1 Å². The normalized spacial score (nSPS) is 11.8. The van der Waals surface area contributed by atoms with Crippen LogP contribution in [0.4, 0.5) is 14.5 Å². The largest absolute Gasteiger partial charge is 0.465 e. The molecule has 0 aromatic heterocycles. The zero-order valence-corrected chi connectivity index (χ0v) is 9.79. The molecule has 0 bridgehead atoms. The molecular formula is C11H12F2N2O3. The van der Waals surface area contributed by atoms with Crippen molar-refractivity contribution >= 4 is 17.6 Å². The number of ether oxygens (including phenoxy) is 1. The predicted molar refractivity (Wildman–Crippen MR) is 60.0 cm³/mol. The van der Waals surface area contributed by atoms with Crippen molar-refractivity contribution in [3.63, 3.8) is 0 Å². The molecule has 0 radical (unpaired) electrons. The molecule has 1 rings (SSSR count). The summed E-state index contributed by atoms with van der Waals surface area (Å²) in [4.78, 5) is 22.5. The molecule has 0 saturated heterocycles. The first-order valence-electron chi connectivity index (χ1n) is 5.00. The maximum absolute atomic E-state index is 13.4. The lowest BCUT2D eigenvalue weighted by Crippen LogP contribution is -2.32. The molecule has 1 aromatic rings. The van der Waals surface area contributed by atoms with Gasteiger partial charge in [0.1, 0.15) is 11.6 Å². The Balaban J connectivity index is 3.13. The molecule has 1 amide bonds. The molecule has 7 heteroatoms. The van der Waals surface area contributed by atoms with Crippen LogP contribution in [0.25, 0.3) is 0 Å². The van der Waals surface area contributed by atoms with E-state index in [1.54, 1.807) is 0 Å². The van der Waals surface area contributed by atoms with Crippen molar-refractivity contribution in [1.29, 1.82) is 0 Å². The van der Waals surface area contributed by atoms with E-state index in [4.69, 9.17) is 5.73 Å². The van der Waals surface area contributed by atoms with Crippen molar-refractivity contribution in [3.05, 3.63) is 29.3 Å². The minimum atomic E-state index is -1.07. The summed E-state index contributed by atoms with van der Waals surface area (Å²) in [6, 6.07) is 0.482. The van der Waals surface area contributed by atoms with E-state index in [-0.39, 0.29) is 5.69 Å². The number of benzene rings is 1. The molecule has 3 N–H and O–H groups in total. The van der Waals surface area contributed by atoms with Crippen molar-refractivity contribution in [2.24, 2.45) is 5.73 Å². The van der Waals surface area contributed by atoms with Gasteiger partial charge in [-0.1, -0.05) is 0 Å². The average Bonchev–Trinajstić information content (AvgIpc) is 2.31. The number of hydrogen-bond acceptors (Lipinski definition) is 4. The summed E-state index contributed by atoms with van der Waals surface area (Å²) in [7, 11) is 1.06. The SMILES string of the molecule is COC(=O)c1cc(NC(=O)C(C)N)c(F)cc1F. The Bertz CT molecular complexity index is 489. The Hall–Kier alpha value is -2.02. The van der Waals surface area contributed by atoms with Crippen LogP contribution in [0, 0.1) is 11.6 Å². The summed E-state index contributed by atoms with van der Waals surface area (Å²) in [5.74, 6) is -3.70. The molecule has 1 aromatic carbocycles. The summed E-state index contributed by atoms with van der Waals surface area (Å²) >= 11 is 0. The third kappa shape index (κ3) is 3.01. The molecule has 0 fully saturated rings. The smallest absolute Gasteiger partial charge is 0.340 e. The molecule has 0 aliphatic carbocycles. The standard InChI is InChI=1S/C11H12F2N2O3/c1-5(14)10(16)15-9-3-6(11(17)18-2)7(12)4-8(9)13/h3-5H,14H2,1-2H3,(H,15,16). The Morgan fingerprint density at radius 1 is 1.33 bits per heavy atom. The van der Waals surface area contributed by atoms with Gasteiger partial charge in [0.15, 0.2) is 0 Å². The number of nitrogens with one attached hydrogen (secondary N) is 1. The highest BCUT2D eigenvalue weighted by Crippen LogP contribution is 2.20. The molecule has 1 unspecified atom stereocenters. The van der Waals surface area contributed by atoms with Crippen LogP contribution >= 0.6 is 0 Å². The Morgan fingerprint density at radius 2 is 1.94 bits per heavy atom. The average molecular weight is 258 g/mol. The summed E-state index contributed by atoms with van der Waals surface area (Å²) in [5.41, 5.74) is 4.48. The van der Waals surface area contributed by atoms with Gasteiger partial charge in [0.05, 0.1) is 24.4 Å². The number of methoxy groups -OCH3 is 1. The number of carbonyl (C=O) groups excluding carboxylic acids is 2. The van der Waals surface area contributed by atoms with Gasteiger partial charge >= 0.3 is 5.97 Å². The Labute approximate surface area is 102 Å². The van der Waals surface area contributed by atoms with Crippen molar-refractivity contribution in [3.8, 4) is 0 Å². The van der Waals surface area contributed by atoms with Gasteiger partial charge in [-0.2, -0.15) is 0 Å². The molecule has 1 atom stereocenters. The van der Waals surface area contributed by atoms with E-state index >= 15 is 0 Å². The fraction of sp³-hybridized carbons (Fsp3) is 0.273. The number of hydrogen-bond donors (Lipinski definition) is 2. The van der Waals surface area contributed by atoms with Crippen molar-refractivity contribution < 1.29 is 23.1 Å². The number of halogens is 2. The number of carbonyl (C=O) groups is 2. The zero-order valence-electron chi connectivity index (χ0n) is 9.79. The van der Waals surface area contributed by atoms with Crippen LogP contribution in [0.5, 0.6) is 0 Å². The first-order chi connectivity index (χ1) is 8.36. The first kappa shape index (κ1) is 14.0. The van der Waals surface area contributed by atoms with E-state index in [0.29, 0.717) is 6.07 Å². The van der Waals surface area contributed by atoms with Crippen LogP contribution in [-0.4, -0.2) is 25.0 Å². The summed E-state index contributed by atoms with van der Waals surface area (Å²) < 4.78 is 31.0. The fourth-order valence-corrected chi connectivity index (χ4v) is 1.16. The number of esters is 1. The Morgan fingerprint density at radius 3 is 2.44 bits per heavy atom. The highest BCUT2D eigenvalue weighted by atomic mass is 19.1. The molecule has 0 aliphatic rings. The number of nitrogens with two attached hydrogens (primary N) is 1. The van der Waals surface area contributed by atoms with E-state index in [2.05, 4.69) is 10.1 Å². The molecule has 18 heavy (non-hydrogen) atoms. The van der Waals surface area contributed by atoms with Crippen LogP contribution in [0.2, 0.25) is 0 Å². The molecule has 0 saturated carbocycles. The van der Waals surface area contributed by atoms with Crippen molar-refractivity contribution in [2.45, 2.75) is 13.0 Å². The minimum Gasteiger partial charge on any atom is -0.465 e. The van der Waals surface area contributed by atoms with E-state index in [1.807, 2.05) is 0 Å². The molecular weight excluding hydrogens is 246 g/mol. The van der Waals surface area contributed by atoms with Crippen LogP contribution in [0.3, 0.4) is 0 Å². The van der Waals surface area contributed by atoms with Crippen LogP contribution < -0.4 is 11.1 Å². The number of rotatable bonds is 3. The maximum atomic E-state index is 13.4. The fourth-order valence-electron chi connectivity index (χ4n) is 1.16.